The molecule has 1 amide bonds. The molecule has 0 saturated carbocycles. The molecule has 2 rings (SSSR count). The van der Waals surface area contributed by atoms with E-state index in [-0.39, 0.29) is 12.5 Å². The number of anilines is 1. The Labute approximate surface area is 141 Å². The lowest BCUT2D eigenvalue weighted by Gasteiger charge is -2.17. The van der Waals surface area contributed by atoms with Crippen molar-refractivity contribution in [2.75, 3.05) is 32.7 Å². The van der Waals surface area contributed by atoms with Gasteiger partial charge in [0.05, 0.1) is 27.0 Å². The molecule has 0 bridgehead atoms. The normalized spacial score (nSPS) is 10.5. The van der Waals surface area contributed by atoms with Crippen molar-refractivity contribution in [3.05, 3.63) is 54.1 Å². The van der Waals surface area contributed by atoms with E-state index in [1.54, 1.807) is 32.6 Å². The number of amides is 1. The number of para-hydroxylation sites is 1. The van der Waals surface area contributed by atoms with Crippen LogP contribution in [-0.2, 0) is 4.79 Å². The number of ether oxygens (including phenoxy) is 2. The van der Waals surface area contributed by atoms with Crippen molar-refractivity contribution in [1.29, 1.82) is 0 Å². The first-order chi connectivity index (χ1) is 11.6. The number of carbonyl (C=O) groups excluding carboxylic acids is 1. The zero-order valence-corrected chi connectivity index (χ0v) is 14.0. The van der Waals surface area contributed by atoms with E-state index in [1.165, 1.54) is 0 Å². The topological polar surface area (TPSA) is 63.2 Å². The van der Waals surface area contributed by atoms with E-state index in [9.17, 15) is 4.79 Å². The Bertz CT molecular complexity index is 702. The first-order valence-corrected chi connectivity index (χ1v) is 7.44. The van der Waals surface area contributed by atoms with Crippen LogP contribution in [0.2, 0.25) is 0 Å². The van der Waals surface area contributed by atoms with E-state index >= 15 is 0 Å². The highest BCUT2D eigenvalue weighted by Crippen LogP contribution is 2.26. The van der Waals surface area contributed by atoms with Crippen LogP contribution < -0.4 is 19.8 Å². The van der Waals surface area contributed by atoms with E-state index < -0.39 is 0 Å². The lowest BCUT2D eigenvalue weighted by molar-refractivity contribution is -0.119. The molecule has 0 unspecified atom stereocenters. The van der Waals surface area contributed by atoms with Gasteiger partial charge in [0.25, 0.3) is 5.91 Å². The van der Waals surface area contributed by atoms with Gasteiger partial charge in [0, 0.05) is 12.7 Å². The van der Waals surface area contributed by atoms with Gasteiger partial charge in [-0.2, -0.15) is 5.10 Å². The Hall–Kier alpha value is -3.02. The van der Waals surface area contributed by atoms with Gasteiger partial charge < -0.3 is 14.4 Å². The molecule has 0 atom stereocenters. The van der Waals surface area contributed by atoms with Crippen molar-refractivity contribution >= 4 is 17.8 Å². The molecule has 0 aliphatic carbocycles. The fourth-order valence-electron chi connectivity index (χ4n) is 2.14. The second kappa shape index (κ2) is 8.57. The highest BCUT2D eigenvalue weighted by Gasteiger charge is 2.06. The van der Waals surface area contributed by atoms with Gasteiger partial charge in [0.1, 0.15) is 0 Å². The third-order valence-corrected chi connectivity index (χ3v) is 3.39. The van der Waals surface area contributed by atoms with Crippen molar-refractivity contribution in [3.8, 4) is 11.5 Å². The van der Waals surface area contributed by atoms with Gasteiger partial charge in [-0.25, -0.2) is 5.43 Å². The molecule has 2 aromatic rings. The lowest BCUT2D eigenvalue weighted by Crippen LogP contribution is -2.32. The van der Waals surface area contributed by atoms with E-state index in [0.29, 0.717) is 11.5 Å². The van der Waals surface area contributed by atoms with Gasteiger partial charge in [0.15, 0.2) is 11.5 Å². The molecule has 0 aromatic heterocycles. The van der Waals surface area contributed by atoms with Crippen LogP contribution >= 0.6 is 0 Å². The molecule has 0 fully saturated rings. The fourth-order valence-corrected chi connectivity index (χ4v) is 2.14. The molecule has 6 heteroatoms. The highest BCUT2D eigenvalue weighted by molar-refractivity contribution is 5.85. The summed E-state index contributed by atoms with van der Waals surface area (Å²) in [6.07, 6.45) is 1.56. The SMILES string of the molecule is COc1ccc(/C=N\NC(=O)CN(C)c2ccccc2)cc1OC. The Morgan fingerprint density at radius 3 is 2.50 bits per heavy atom. The molecule has 0 heterocycles. The van der Waals surface area contributed by atoms with Gasteiger partial charge in [-0.15, -0.1) is 0 Å². The summed E-state index contributed by atoms with van der Waals surface area (Å²) in [6.45, 7) is 0.216. The number of methoxy groups -OCH3 is 2. The Morgan fingerprint density at radius 2 is 1.83 bits per heavy atom. The molecule has 0 aliphatic heterocycles. The smallest absolute Gasteiger partial charge is 0.259 e. The van der Waals surface area contributed by atoms with Crippen LogP contribution in [0.5, 0.6) is 11.5 Å². The van der Waals surface area contributed by atoms with Crippen LogP contribution in [0.4, 0.5) is 5.69 Å². The van der Waals surface area contributed by atoms with Gasteiger partial charge >= 0.3 is 0 Å². The summed E-state index contributed by atoms with van der Waals surface area (Å²) in [6, 6.07) is 15.1. The maximum absolute atomic E-state index is 11.9. The third-order valence-electron chi connectivity index (χ3n) is 3.39. The van der Waals surface area contributed by atoms with Gasteiger partial charge in [-0.1, -0.05) is 18.2 Å². The van der Waals surface area contributed by atoms with Gasteiger partial charge in [-0.05, 0) is 35.9 Å². The van der Waals surface area contributed by atoms with Crippen molar-refractivity contribution in [2.45, 2.75) is 0 Å². The molecule has 0 aliphatic rings. The van der Waals surface area contributed by atoms with Crippen LogP contribution in [0.15, 0.2) is 53.6 Å². The molecule has 126 valence electrons. The first kappa shape index (κ1) is 17.3. The fraction of sp³-hybridized carbons (Fsp3) is 0.222. The number of hydrazone groups is 1. The summed E-state index contributed by atoms with van der Waals surface area (Å²) >= 11 is 0. The molecule has 6 nitrogen and oxygen atoms in total. The van der Waals surface area contributed by atoms with E-state index in [0.717, 1.165) is 11.3 Å². The highest BCUT2D eigenvalue weighted by atomic mass is 16.5. The number of nitrogens with one attached hydrogen (secondary N) is 1. The molecule has 2 aromatic carbocycles. The third kappa shape index (κ3) is 4.74. The van der Waals surface area contributed by atoms with E-state index in [4.69, 9.17) is 9.47 Å². The van der Waals surface area contributed by atoms with Crippen molar-refractivity contribution in [1.82, 2.24) is 5.43 Å². The molecular formula is C18H21N3O3. The Kier molecular flexibility index (Phi) is 6.19. The zero-order valence-electron chi connectivity index (χ0n) is 14.0. The number of hydrogen-bond acceptors (Lipinski definition) is 5. The predicted molar refractivity (Wildman–Crippen MR) is 95.0 cm³/mol. The Balaban J connectivity index is 1.90. The van der Waals surface area contributed by atoms with Crippen LogP contribution in [0.1, 0.15) is 5.56 Å². The quantitative estimate of drug-likeness (QED) is 0.626. The number of rotatable bonds is 7. The Morgan fingerprint density at radius 1 is 1.12 bits per heavy atom. The first-order valence-electron chi connectivity index (χ1n) is 7.44. The van der Waals surface area contributed by atoms with E-state index in [2.05, 4.69) is 10.5 Å². The molecule has 0 spiro atoms. The number of hydrogen-bond donors (Lipinski definition) is 1. The van der Waals surface area contributed by atoms with Crippen LogP contribution in [0, 0.1) is 0 Å². The van der Waals surface area contributed by atoms with E-state index in [1.807, 2.05) is 48.3 Å². The maximum Gasteiger partial charge on any atom is 0.259 e. The minimum atomic E-state index is -0.196. The zero-order chi connectivity index (χ0) is 17.4. The van der Waals surface area contributed by atoms with Crippen LogP contribution in [-0.4, -0.2) is 39.9 Å². The molecule has 1 N–H and O–H groups in total. The standard InChI is InChI=1S/C18H21N3O3/c1-21(15-7-5-4-6-8-15)13-18(22)20-19-12-14-9-10-16(23-2)17(11-14)24-3/h4-12H,13H2,1-3H3,(H,20,22)/b19-12-. The summed E-state index contributed by atoms with van der Waals surface area (Å²) in [7, 11) is 5.00. The van der Waals surface area contributed by atoms with Crippen molar-refractivity contribution in [2.24, 2.45) is 5.10 Å². The molecule has 0 saturated heterocycles. The summed E-state index contributed by atoms with van der Waals surface area (Å²) in [4.78, 5) is 13.8. The molecular weight excluding hydrogens is 306 g/mol. The average molecular weight is 327 g/mol. The summed E-state index contributed by atoms with van der Waals surface area (Å²) in [5.74, 6) is 1.05. The van der Waals surface area contributed by atoms with Gasteiger partial charge in [0.2, 0.25) is 0 Å². The molecule has 24 heavy (non-hydrogen) atoms. The van der Waals surface area contributed by atoms with Crippen molar-refractivity contribution < 1.29 is 14.3 Å². The molecule has 0 radical (unpaired) electrons. The van der Waals surface area contributed by atoms with Crippen LogP contribution in [0.3, 0.4) is 0 Å². The summed E-state index contributed by atoms with van der Waals surface area (Å²) in [5.41, 5.74) is 4.28. The second-order valence-electron chi connectivity index (χ2n) is 5.10. The monoisotopic (exact) mass is 327 g/mol. The minimum absolute atomic E-state index is 0.196. The summed E-state index contributed by atoms with van der Waals surface area (Å²) in [5, 5.41) is 3.97. The van der Waals surface area contributed by atoms with Gasteiger partial charge in [-0.3, -0.25) is 4.79 Å². The second-order valence-corrected chi connectivity index (χ2v) is 5.10. The largest absolute Gasteiger partial charge is 0.493 e. The van der Waals surface area contributed by atoms with Crippen LogP contribution in [0.25, 0.3) is 0 Å². The minimum Gasteiger partial charge on any atom is -0.493 e. The maximum atomic E-state index is 11.9. The lowest BCUT2D eigenvalue weighted by atomic mass is 10.2. The number of benzene rings is 2. The number of nitrogens with zero attached hydrogens (tertiary/aromatic N) is 2. The predicted octanol–water partition coefficient (Wildman–Crippen LogP) is 2.29. The number of likely N-dealkylation sites (N-methyl/N-ethyl adjacent to an activating group) is 1. The number of carbonyl (C=O) groups is 1. The average Bonchev–Trinajstić information content (AvgIpc) is 2.62. The summed E-state index contributed by atoms with van der Waals surface area (Å²) < 4.78 is 10.4. The van der Waals surface area contributed by atoms with Crippen molar-refractivity contribution in [3.63, 3.8) is 0 Å².